The zero-order valence-electron chi connectivity index (χ0n) is 21.4. The molecule has 0 bridgehead atoms. The standard InChI is InChI=1S/C29H40FN3O3/c1-36-27-9-5-8-26(19-27)33(28(31)34)21-29(35,24-6-3-2-4-7-24)20-32-16-14-23(15-17-32)18-22-10-12-25(30)13-11-22/h5,8-13,19,23-24,35H,2-4,6-7,14-18,20-21H2,1H3,(H2,31,34). The minimum absolute atomic E-state index is 0.121. The highest BCUT2D eigenvalue weighted by molar-refractivity contribution is 5.91. The van der Waals surface area contributed by atoms with Crippen LogP contribution in [0.2, 0.25) is 0 Å². The van der Waals surface area contributed by atoms with Gasteiger partial charge in [0.25, 0.3) is 0 Å². The van der Waals surface area contributed by atoms with Gasteiger partial charge in [0, 0.05) is 18.3 Å². The predicted octanol–water partition coefficient (Wildman–Crippen LogP) is 4.99. The molecule has 1 saturated carbocycles. The minimum Gasteiger partial charge on any atom is -0.497 e. The van der Waals surface area contributed by atoms with E-state index in [-0.39, 0.29) is 18.3 Å². The molecule has 4 rings (SSSR count). The number of methoxy groups -OCH3 is 1. The van der Waals surface area contributed by atoms with E-state index in [0.717, 1.165) is 58.0 Å². The molecule has 2 fully saturated rings. The predicted molar refractivity (Wildman–Crippen MR) is 141 cm³/mol. The van der Waals surface area contributed by atoms with Crippen LogP contribution in [0.5, 0.6) is 5.75 Å². The number of aliphatic hydroxyl groups is 1. The van der Waals surface area contributed by atoms with Gasteiger partial charge in [-0.15, -0.1) is 0 Å². The molecular weight excluding hydrogens is 457 g/mol. The van der Waals surface area contributed by atoms with Crippen molar-refractivity contribution in [2.24, 2.45) is 17.6 Å². The molecule has 6 nitrogen and oxygen atoms in total. The van der Waals surface area contributed by atoms with Crippen LogP contribution in [0, 0.1) is 17.7 Å². The summed E-state index contributed by atoms with van der Waals surface area (Å²) in [6, 6.07) is 13.5. The maximum atomic E-state index is 13.2. The van der Waals surface area contributed by atoms with Gasteiger partial charge in [0.05, 0.1) is 19.3 Å². The highest BCUT2D eigenvalue weighted by atomic mass is 19.1. The third-order valence-corrected chi connectivity index (χ3v) is 8.07. The van der Waals surface area contributed by atoms with Crippen molar-refractivity contribution in [1.29, 1.82) is 0 Å². The summed E-state index contributed by atoms with van der Waals surface area (Å²) in [6.45, 7) is 2.48. The number of carbonyl (C=O) groups excluding carboxylic acids is 1. The van der Waals surface area contributed by atoms with Gasteiger partial charge in [-0.05, 0) is 86.9 Å². The van der Waals surface area contributed by atoms with Gasteiger partial charge < -0.3 is 20.5 Å². The third-order valence-electron chi connectivity index (χ3n) is 8.07. The van der Waals surface area contributed by atoms with E-state index in [1.165, 1.54) is 29.0 Å². The van der Waals surface area contributed by atoms with Gasteiger partial charge >= 0.3 is 6.03 Å². The van der Waals surface area contributed by atoms with E-state index in [2.05, 4.69) is 4.90 Å². The molecule has 1 saturated heterocycles. The Morgan fingerprint density at radius 1 is 1.11 bits per heavy atom. The lowest BCUT2D eigenvalue weighted by atomic mass is 9.75. The molecule has 1 unspecified atom stereocenters. The molecule has 0 radical (unpaired) electrons. The molecule has 2 aromatic rings. The van der Waals surface area contributed by atoms with Crippen LogP contribution in [0.25, 0.3) is 0 Å². The Morgan fingerprint density at radius 3 is 2.44 bits per heavy atom. The van der Waals surface area contributed by atoms with Gasteiger partial charge in [0.1, 0.15) is 11.6 Å². The molecule has 1 aliphatic carbocycles. The van der Waals surface area contributed by atoms with Crippen LogP contribution in [-0.2, 0) is 6.42 Å². The van der Waals surface area contributed by atoms with E-state index in [1.807, 2.05) is 30.3 Å². The lowest BCUT2D eigenvalue weighted by Gasteiger charge is -2.45. The number of hydrogen-bond donors (Lipinski definition) is 2. The van der Waals surface area contributed by atoms with E-state index in [4.69, 9.17) is 10.5 Å². The highest BCUT2D eigenvalue weighted by Gasteiger charge is 2.42. The van der Waals surface area contributed by atoms with Crippen molar-refractivity contribution in [3.8, 4) is 5.75 Å². The minimum atomic E-state index is -1.05. The van der Waals surface area contributed by atoms with E-state index < -0.39 is 11.6 Å². The largest absolute Gasteiger partial charge is 0.497 e. The quantitative estimate of drug-likeness (QED) is 0.512. The number of piperidine rings is 1. The number of halogens is 1. The Balaban J connectivity index is 1.45. The van der Waals surface area contributed by atoms with Crippen LogP contribution < -0.4 is 15.4 Å². The number of nitrogens with two attached hydrogens (primary N) is 1. The van der Waals surface area contributed by atoms with Gasteiger partial charge in [0.15, 0.2) is 0 Å². The highest BCUT2D eigenvalue weighted by Crippen LogP contribution is 2.36. The second-order valence-electron chi connectivity index (χ2n) is 10.6. The van der Waals surface area contributed by atoms with Crippen LogP contribution in [-0.4, -0.2) is 54.9 Å². The molecule has 1 heterocycles. The van der Waals surface area contributed by atoms with E-state index in [9.17, 15) is 14.3 Å². The van der Waals surface area contributed by atoms with Gasteiger partial charge in [-0.3, -0.25) is 4.90 Å². The lowest BCUT2D eigenvalue weighted by molar-refractivity contribution is -0.0555. The molecule has 7 heteroatoms. The molecule has 3 N–H and O–H groups in total. The number of hydrogen-bond acceptors (Lipinski definition) is 4. The summed E-state index contributed by atoms with van der Waals surface area (Å²) in [7, 11) is 1.59. The monoisotopic (exact) mass is 497 g/mol. The van der Waals surface area contributed by atoms with E-state index in [1.54, 1.807) is 13.2 Å². The summed E-state index contributed by atoms with van der Waals surface area (Å²) in [4.78, 5) is 16.4. The molecule has 1 atom stereocenters. The van der Waals surface area contributed by atoms with Crippen molar-refractivity contribution in [2.75, 3.05) is 38.2 Å². The van der Waals surface area contributed by atoms with E-state index in [0.29, 0.717) is 23.9 Å². The molecule has 2 aromatic carbocycles. The number of urea groups is 1. The van der Waals surface area contributed by atoms with Crippen molar-refractivity contribution in [3.05, 3.63) is 59.9 Å². The van der Waals surface area contributed by atoms with Crippen LogP contribution in [0.1, 0.15) is 50.5 Å². The second-order valence-corrected chi connectivity index (χ2v) is 10.6. The number of carbonyl (C=O) groups is 1. The number of benzene rings is 2. The Bertz CT molecular complexity index is 988. The summed E-state index contributed by atoms with van der Waals surface area (Å²) in [5.74, 6) is 1.11. The molecule has 2 amide bonds. The molecule has 2 aliphatic rings. The maximum Gasteiger partial charge on any atom is 0.319 e. The third kappa shape index (κ3) is 6.77. The van der Waals surface area contributed by atoms with Crippen molar-refractivity contribution in [2.45, 2.75) is 57.0 Å². The van der Waals surface area contributed by atoms with Crippen molar-refractivity contribution in [1.82, 2.24) is 4.90 Å². The maximum absolute atomic E-state index is 13.2. The molecule has 0 aromatic heterocycles. The normalized spacial score (nSPS) is 19.5. The number of amides is 2. The second kappa shape index (κ2) is 12.1. The van der Waals surface area contributed by atoms with Crippen LogP contribution >= 0.6 is 0 Å². The number of primary amides is 1. The lowest BCUT2D eigenvalue weighted by Crippen LogP contribution is -2.58. The topological polar surface area (TPSA) is 79.0 Å². The summed E-state index contributed by atoms with van der Waals surface area (Å²) in [6.07, 6.45) is 8.33. The van der Waals surface area contributed by atoms with Crippen LogP contribution in [0.4, 0.5) is 14.9 Å². The van der Waals surface area contributed by atoms with Gasteiger partial charge in [-0.1, -0.05) is 37.5 Å². The van der Waals surface area contributed by atoms with E-state index >= 15 is 0 Å². The zero-order chi connectivity index (χ0) is 25.5. The first kappa shape index (κ1) is 26.4. The average molecular weight is 498 g/mol. The van der Waals surface area contributed by atoms with Crippen molar-refractivity contribution in [3.63, 3.8) is 0 Å². The van der Waals surface area contributed by atoms with Gasteiger partial charge in [0.2, 0.25) is 0 Å². The Hall–Kier alpha value is -2.64. The summed E-state index contributed by atoms with van der Waals surface area (Å²) >= 11 is 0. The molecule has 1 aliphatic heterocycles. The first-order valence-electron chi connectivity index (χ1n) is 13.3. The fraction of sp³-hybridized carbons (Fsp3) is 0.552. The first-order valence-corrected chi connectivity index (χ1v) is 13.3. The molecular formula is C29H40FN3O3. The Morgan fingerprint density at radius 2 is 1.81 bits per heavy atom. The average Bonchev–Trinajstić information content (AvgIpc) is 2.90. The smallest absolute Gasteiger partial charge is 0.319 e. The fourth-order valence-electron chi connectivity index (χ4n) is 5.99. The molecule has 196 valence electrons. The Kier molecular flexibility index (Phi) is 8.86. The number of ether oxygens (including phenoxy) is 1. The number of β-amino-alcohol motifs (C(OH)–C–C–N with tert-alkyl or cyclic N) is 1. The van der Waals surface area contributed by atoms with Gasteiger partial charge in [-0.25, -0.2) is 9.18 Å². The van der Waals surface area contributed by atoms with Crippen molar-refractivity contribution >= 4 is 11.7 Å². The molecule has 0 spiro atoms. The Labute approximate surface area is 214 Å². The summed E-state index contributed by atoms with van der Waals surface area (Å²) < 4.78 is 18.6. The number of likely N-dealkylation sites (tertiary alicyclic amines) is 1. The SMILES string of the molecule is COc1cccc(N(CC(O)(CN2CCC(Cc3ccc(F)cc3)CC2)C2CCCCC2)C(N)=O)c1. The first-order chi connectivity index (χ1) is 17.4. The molecule has 36 heavy (non-hydrogen) atoms. The van der Waals surface area contributed by atoms with Crippen LogP contribution in [0.15, 0.2) is 48.5 Å². The van der Waals surface area contributed by atoms with Crippen molar-refractivity contribution < 1.29 is 19.0 Å². The van der Waals surface area contributed by atoms with Crippen LogP contribution in [0.3, 0.4) is 0 Å². The number of nitrogens with zero attached hydrogens (tertiary/aromatic N) is 2. The number of rotatable bonds is 9. The zero-order valence-corrected chi connectivity index (χ0v) is 21.4. The number of anilines is 1. The summed E-state index contributed by atoms with van der Waals surface area (Å²) in [5.41, 5.74) is 6.58. The fourth-order valence-corrected chi connectivity index (χ4v) is 5.99. The summed E-state index contributed by atoms with van der Waals surface area (Å²) in [5, 5.41) is 12.2. The van der Waals surface area contributed by atoms with Gasteiger partial charge in [-0.2, -0.15) is 0 Å².